The number of ether oxygens (including phenoxy) is 3. The maximum atomic E-state index is 12.5. The van der Waals surface area contributed by atoms with Gasteiger partial charge < -0.3 is 19.5 Å². The Morgan fingerprint density at radius 3 is 2.14 bits per heavy atom. The van der Waals surface area contributed by atoms with Crippen LogP contribution in [0.15, 0.2) is 24.3 Å². The molecule has 150 valence electrons. The summed E-state index contributed by atoms with van der Waals surface area (Å²) >= 11 is 6.12. The summed E-state index contributed by atoms with van der Waals surface area (Å²) in [5.41, 5.74) is 3.86. The first-order valence-corrected chi connectivity index (χ1v) is 9.07. The van der Waals surface area contributed by atoms with Gasteiger partial charge in [-0.15, -0.1) is 0 Å². The topological polar surface area (TPSA) is 73.9 Å². The van der Waals surface area contributed by atoms with Crippen LogP contribution < -0.4 is 14.8 Å². The number of methoxy groups -OCH3 is 2. The molecule has 1 atom stereocenters. The van der Waals surface area contributed by atoms with E-state index in [-0.39, 0.29) is 10.6 Å². The van der Waals surface area contributed by atoms with Gasteiger partial charge in [-0.2, -0.15) is 0 Å². The Morgan fingerprint density at radius 2 is 1.61 bits per heavy atom. The number of carbonyl (C=O) groups is 2. The van der Waals surface area contributed by atoms with Gasteiger partial charge in [0.15, 0.2) is 17.6 Å². The van der Waals surface area contributed by atoms with Crippen molar-refractivity contribution < 1.29 is 23.8 Å². The summed E-state index contributed by atoms with van der Waals surface area (Å²) in [7, 11) is 2.88. The minimum atomic E-state index is -1.00. The Hall–Kier alpha value is -2.73. The maximum Gasteiger partial charge on any atom is 0.339 e. The van der Waals surface area contributed by atoms with Gasteiger partial charge in [-0.1, -0.05) is 29.3 Å². The Balaban J connectivity index is 2.14. The molecule has 0 fully saturated rings. The Kier molecular flexibility index (Phi) is 6.91. The first-order chi connectivity index (χ1) is 13.2. The van der Waals surface area contributed by atoms with E-state index in [9.17, 15) is 9.59 Å². The lowest BCUT2D eigenvalue weighted by atomic mass is 10.0. The molecule has 0 saturated carbocycles. The predicted molar refractivity (Wildman–Crippen MR) is 109 cm³/mol. The second kappa shape index (κ2) is 8.97. The first-order valence-electron chi connectivity index (χ1n) is 8.69. The van der Waals surface area contributed by atoms with Crippen LogP contribution in [0, 0.1) is 20.8 Å². The van der Waals surface area contributed by atoms with Crippen molar-refractivity contribution >= 4 is 29.2 Å². The van der Waals surface area contributed by atoms with Crippen LogP contribution in [0.4, 0.5) is 5.69 Å². The van der Waals surface area contributed by atoms with Gasteiger partial charge in [-0.25, -0.2) is 4.79 Å². The molecule has 2 rings (SSSR count). The van der Waals surface area contributed by atoms with Crippen molar-refractivity contribution in [2.24, 2.45) is 0 Å². The molecular weight excluding hydrogens is 382 g/mol. The van der Waals surface area contributed by atoms with Crippen LogP contribution in [0.5, 0.6) is 11.5 Å². The van der Waals surface area contributed by atoms with E-state index in [1.165, 1.54) is 33.3 Å². The van der Waals surface area contributed by atoms with Crippen molar-refractivity contribution in [3.63, 3.8) is 0 Å². The summed E-state index contributed by atoms with van der Waals surface area (Å²) in [4.78, 5) is 25.0. The molecule has 7 heteroatoms. The highest BCUT2D eigenvalue weighted by molar-refractivity contribution is 6.32. The molecule has 0 bridgehead atoms. The molecule has 2 aromatic rings. The minimum Gasteiger partial charge on any atom is -0.493 e. The van der Waals surface area contributed by atoms with Gasteiger partial charge in [0.1, 0.15) is 0 Å². The largest absolute Gasteiger partial charge is 0.493 e. The second-order valence-corrected chi connectivity index (χ2v) is 6.91. The number of aryl methyl sites for hydroxylation is 3. The number of hydrogen-bond acceptors (Lipinski definition) is 5. The van der Waals surface area contributed by atoms with Gasteiger partial charge in [0, 0.05) is 5.69 Å². The smallest absolute Gasteiger partial charge is 0.339 e. The molecule has 1 N–H and O–H groups in total. The number of amides is 1. The highest BCUT2D eigenvalue weighted by Crippen LogP contribution is 2.36. The normalized spacial score (nSPS) is 11.5. The van der Waals surface area contributed by atoms with E-state index in [1.54, 1.807) is 0 Å². The van der Waals surface area contributed by atoms with E-state index in [0.29, 0.717) is 17.2 Å². The molecule has 6 nitrogen and oxygen atoms in total. The molecule has 0 aliphatic heterocycles. The molecule has 0 aliphatic rings. The molecule has 2 aromatic carbocycles. The van der Waals surface area contributed by atoms with Gasteiger partial charge in [-0.3, -0.25) is 4.79 Å². The fourth-order valence-corrected chi connectivity index (χ4v) is 3.21. The lowest BCUT2D eigenvalue weighted by Gasteiger charge is -2.17. The number of carbonyl (C=O) groups excluding carboxylic acids is 2. The highest BCUT2D eigenvalue weighted by atomic mass is 35.5. The van der Waals surface area contributed by atoms with E-state index in [4.69, 9.17) is 25.8 Å². The number of esters is 1. The van der Waals surface area contributed by atoms with Crippen molar-refractivity contribution in [2.45, 2.75) is 33.8 Å². The summed E-state index contributed by atoms with van der Waals surface area (Å²) in [5, 5.41) is 3.03. The van der Waals surface area contributed by atoms with Gasteiger partial charge in [0.05, 0.1) is 24.8 Å². The average Bonchev–Trinajstić information content (AvgIpc) is 2.63. The molecule has 0 aliphatic carbocycles. The van der Waals surface area contributed by atoms with Crippen LogP contribution in [0.1, 0.15) is 34.0 Å². The van der Waals surface area contributed by atoms with E-state index < -0.39 is 18.0 Å². The monoisotopic (exact) mass is 405 g/mol. The summed E-state index contributed by atoms with van der Waals surface area (Å²) in [6.07, 6.45) is -1.00. The fourth-order valence-electron chi connectivity index (χ4n) is 2.92. The van der Waals surface area contributed by atoms with Crippen LogP contribution in [0.2, 0.25) is 5.02 Å². The zero-order valence-electron chi connectivity index (χ0n) is 16.8. The molecule has 0 spiro atoms. The van der Waals surface area contributed by atoms with E-state index >= 15 is 0 Å². The number of hydrogen-bond donors (Lipinski definition) is 1. The molecule has 0 unspecified atom stereocenters. The zero-order valence-corrected chi connectivity index (χ0v) is 17.6. The summed E-state index contributed by atoms with van der Waals surface area (Å²) in [6.45, 7) is 7.33. The molecule has 0 radical (unpaired) electrons. The van der Waals surface area contributed by atoms with E-state index in [0.717, 1.165) is 16.7 Å². The van der Waals surface area contributed by atoms with Crippen molar-refractivity contribution in [3.8, 4) is 11.5 Å². The Morgan fingerprint density at radius 1 is 1.00 bits per heavy atom. The van der Waals surface area contributed by atoms with Crippen molar-refractivity contribution in [3.05, 3.63) is 51.5 Å². The summed E-state index contributed by atoms with van der Waals surface area (Å²) < 4.78 is 15.6. The van der Waals surface area contributed by atoms with Gasteiger partial charge in [-0.05, 0) is 51.0 Å². The lowest BCUT2D eigenvalue weighted by Crippen LogP contribution is -2.30. The van der Waals surface area contributed by atoms with Crippen molar-refractivity contribution in [1.29, 1.82) is 0 Å². The highest BCUT2D eigenvalue weighted by Gasteiger charge is 2.22. The van der Waals surface area contributed by atoms with Gasteiger partial charge in [0.2, 0.25) is 0 Å². The first kappa shape index (κ1) is 21.6. The van der Waals surface area contributed by atoms with Gasteiger partial charge >= 0.3 is 5.97 Å². The van der Waals surface area contributed by atoms with E-state index in [2.05, 4.69) is 5.32 Å². The SMILES string of the molecule is COc1cc(C(=O)O[C@@H](C)C(=O)Nc2c(C)cc(C)cc2C)cc(Cl)c1OC. The van der Waals surface area contributed by atoms with Crippen LogP contribution in [0.25, 0.3) is 0 Å². The Labute approximate surface area is 169 Å². The third kappa shape index (κ3) is 4.75. The maximum absolute atomic E-state index is 12.5. The summed E-state index contributed by atoms with van der Waals surface area (Å²) in [6, 6.07) is 6.81. The second-order valence-electron chi connectivity index (χ2n) is 6.50. The molecular formula is C21H24ClNO5. The minimum absolute atomic E-state index is 0.157. The number of rotatable bonds is 6. The number of benzene rings is 2. The number of anilines is 1. The quantitative estimate of drug-likeness (QED) is 0.718. The standard InChI is InChI=1S/C21H24ClNO5/c1-11-7-12(2)18(13(3)8-11)23-20(24)14(4)28-21(25)15-9-16(22)19(27-6)17(10-15)26-5/h7-10,14H,1-6H3,(H,23,24)/t14-/m0/s1. The molecule has 0 heterocycles. The molecule has 1 amide bonds. The van der Waals surface area contributed by atoms with Crippen LogP contribution in [0.3, 0.4) is 0 Å². The van der Waals surface area contributed by atoms with E-state index in [1.807, 2.05) is 32.9 Å². The van der Waals surface area contributed by atoms with Crippen LogP contribution in [-0.2, 0) is 9.53 Å². The summed E-state index contributed by atoms with van der Waals surface area (Å²) in [5.74, 6) is -0.500. The number of halogens is 1. The molecule has 28 heavy (non-hydrogen) atoms. The molecule has 0 saturated heterocycles. The Bertz CT molecular complexity index is 887. The van der Waals surface area contributed by atoms with Crippen molar-refractivity contribution in [2.75, 3.05) is 19.5 Å². The number of nitrogens with one attached hydrogen (secondary N) is 1. The van der Waals surface area contributed by atoms with Crippen molar-refractivity contribution in [1.82, 2.24) is 0 Å². The molecule has 0 aromatic heterocycles. The van der Waals surface area contributed by atoms with Crippen LogP contribution in [-0.4, -0.2) is 32.2 Å². The zero-order chi connectivity index (χ0) is 21.0. The fraction of sp³-hybridized carbons (Fsp3) is 0.333. The third-order valence-electron chi connectivity index (χ3n) is 4.25. The van der Waals surface area contributed by atoms with Gasteiger partial charge in [0.25, 0.3) is 5.91 Å². The third-order valence-corrected chi connectivity index (χ3v) is 4.53. The predicted octanol–water partition coefficient (Wildman–Crippen LogP) is 4.47. The lowest BCUT2D eigenvalue weighted by molar-refractivity contribution is -0.123. The van der Waals surface area contributed by atoms with Crippen LogP contribution >= 0.6 is 11.6 Å². The average molecular weight is 406 g/mol.